The molecule has 1 fully saturated rings. The molecule has 1 aromatic carbocycles. The predicted molar refractivity (Wildman–Crippen MR) is 57.5 cm³/mol. The third kappa shape index (κ3) is 2.57. The molecule has 2 unspecified atom stereocenters. The number of rotatable bonds is 2. The summed E-state index contributed by atoms with van der Waals surface area (Å²) in [6.07, 6.45) is 0.322. The molecule has 0 spiro atoms. The molecule has 0 radical (unpaired) electrons. The molecule has 1 heterocycles. The van der Waals surface area contributed by atoms with E-state index in [-0.39, 0.29) is 18.1 Å². The average Bonchev–Trinajstić information content (AvgIpc) is 2.24. The first kappa shape index (κ1) is 10.2. The van der Waals surface area contributed by atoms with Crippen molar-refractivity contribution in [1.82, 2.24) is 5.32 Å². The third-order valence-corrected chi connectivity index (χ3v) is 2.49. The second kappa shape index (κ2) is 4.45. The van der Waals surface area contributed by atoms with Gasteiger partial charge in [0.15, 0.2) is 0 Å². The Bertz CT molecular complexity index is 337. The minimum atomic E-state index is -0.330. The summed E-state index contributed by atoms with van der Waals surface area (Å²) in [6.45, 7) is 2.54. The first-order valence-corrected chi connectivity index (χ1v) is 5.21. The molecule has 1 aliphatic heterocycles. The maximum Gasteiger partial charge on any atom is 0.249 e. The lowest BCUT2D eigenvalue weighted by Gasteiger charge is -2.27. The summed E-state index contributed by atoms with van der Waals surface area (Å²) < 4.78 is 5.49. The number of hydrogen-bond acceptors (Lipinski definition) is 2. The topological polar surface area (TPSA) is 38.3 Å². The molecule has 0 aliphatic carbocycles. The van der Waals surface area contributed by atoms with Crippen LogP contribution in [0.25, 0.3) is 0 Å². The highest BCUT2D eigenvalue weighted by atomic mass is 16.5. The van der Waals surface area contributed by atoms with Crippen molar-refractivity contribution in [2.45, 2.75) is 25.5 Å². The van der Waals surface area contributed by atoms with Crippen LogP contribution in [0.5, 0.6) is 0 Å². The van der Waals surface area contributed by atoms with E-state index in [2.05, 4.69) is 5.32 Å². The van der Waals surface area contributed by atoms with E-state index in [0.29, 0.717) is 13.0 Å². The Labute approximate surface area is 89.4 Å². The molecule has 2 atom stereocenters. The highest BCUT2D eigenvalue weighted by Crippen LogP contribution is 2.10. The maximum absolute atomic E-state index is 11.6. The second-order valence-electron chi connectivity index (χ2n) is 3.92. The highest BCUT2D eigenvalue weighted by Gasteiger charge is 2.26. The molecule has 1 saturated heterocycles. The van der Waals surface area contributed by atoms with Gasteiger partial charge in [0.05, 0.1) is 6.61 Å². The van der Waals surface area contributed by atoms with Gasteiger partial charge in [0.2, 0.25) is 5.91 Å². The average molecular weight is 205 g/mol. The quantitative estimate of drug-likeness (QED) is 0.786. The van der Waals surface area contributed by atoms with Crippen molar-refractivity contribution < 1.29 is 9.53 Å². The van der Waals surface area contributed by atoms with E-state index < -0.39 is 0 Å². The highest BCUT2D eigenvalue weighted by molar-refractivity contribution is 5.82. The molecular formula is C12H15NO2. The first-order chi connectivity index (χ1) is 7.25. The number of ether oxygens (including phenoxy) is 1. The lowest BCUT2D eigenvalue weighted by Crippen LogP contribution is -2.50. The molecule has 1 aliphatic rings. The monoisotopic (exact) mass is 205 g/mol. The summed E-state index contributed by atoms with van der Waals surface area (Å²) in [7, 11) is 0. The zero-order valence-corrected chi connectivity index (χ0v) is 8.77. The van der Waals surface area contributed by atoms with E-state index in [1.807, 2.05) is 37.3 Å². The Balaban J connectivity index is 1.98. The van der Waals surface area contributed by atoms with Crippen molar-refractivity contribution in [3.05, 3.63) is 35.9 Å². The van der Waals surface area contributed by atoms with Gasteiger partial charge in [0.25, 0.3) is 0 Å². The number of carbonyl (C=O) groups excluding carboxylic acids is 1. The summed E-state index contributed by atoms with van der Waals surface area (Å²) in [5, 5.41) is 2.89. The van der Waals surface area contributed by atoms with Gasteiger partial charge in [0, 0.05) is 12.5 Å². The fourth-order valence-electron chi connectivity index (χ4n) is 1.69. The van der Waals surface area contributed by atoms with Gasteiger partial charge >= 0.3 is 0 Å². The van der Waals surface area contributed by atoms with E-state index in [0.717, 1.165) is 5.56 Å². The smallest absolute Gasteiger partial charge is 0.249 e. The molecule has 3 nitrogen and oxygen atoms in total. The Morgan fingerprint density at radius 2 is 2.13 bits per heavy atom. The molecular weight excluding hydrogens is 190 g/mol. The third-order valence-electron chi connectivity index (χ3n) is 2.49. The fourth-order valence-corrected chi connectivity index (χ4v) is 1.69. The van der Waals surface area contributed by atoms with E-state index >= 15 is 0 Å². The minimum absolute atomic E-state index is 0.00222. The lowest BCUT2D eigenvalue weighted by molar-refractivity contribution is -0.140. The van der Waals surface area contributed by atoms with Gasteiger partial charge in [-0.1, -0.05) is 30.3 Å². The summed E-state index contributed by atoms with van der Waals surface area (Å²) in [5.74, 6) is -0.00222. The molecule has 15 heavy (non-hydrogen) atoms. The van der Waals surface area contributed by atoms with Crippen LogP contribution >= 0.6 is 0 Å². The van der Waals surface area contributed by atoms with Crippen LogP contribution in [0.1, 0.15) is 12.5 Å². The molecule has 0 bridgehead atoms. The molecule has 80 valence electrons. The van der Waals surface area contributed by atoms with Crippen LogP contribution in [0.15, 0.2) is 30.3 Å². The SMILES string of the molecule is CC1COC(Cc2ccccc2)C(=O)N1. The van der Waals surface area contributed by atoms with Gasteiger partial charge in [-0.3, -0.25) is 4.79 Å². The van der Waals surface area contributed by atoms with Crippen LogP contribution in [0, 0.1) is 0 Å². The van der Waals surface area contributed by atoms with E-state index in [1.165, 1.54) is 0 Å². The van der Waals surface area contributed by atoms with Crippen molar-refractivity contribution in [2.75, 3.05) is 6.61 Å². The van der Waals surface area contributed by atoms with Crippen LogP contribution < -0.4 is 5.32 Å². The summed E-state index contributed by atoms with van der Waals surface area (Å²) >= 11 is 0. The molecule has 1 aromatic rings. The normalized spacial score (nSPS) is 26.1. The maximum atomic E-state index is 11.6. The van der Waals surface area contributed by atoms with Crippen LogP contribution in [0.3, 0.4) is 0 Å². The Hall–Kier alpha value is -1.35. The fraction of sp³-hybridized carbons (Fsp3) is 0.417. The number of carbonyl (C=O) groups is 1. The van der Waals surface area contributed by atoms with Gasteiger partial charge in [-0.05, 0) is 12.5 Å². The number of nitrogens with one attached hydrogen (secondary N) is 1. The second-order valence-corrected chi connectivity index (χ2v) is 3.92. The standard InChI is InChI=1S/C12H15NO2/c1-9-8-15-11(12(14)13-9)7-10-5-3-2-4-6-10/h2-6,9,11H,7-8H2,1H3,(H,13,14). The van der Waals surface area contributed by atoms with Crippen molar-refractivity contribution in [2.24, 2.45) is 0 Å². The lowest BCUT2D eigenvalue weighted by atomic mass is 10.1. The summed E-state index contributed by atoms with van der Waals surface area (Å²) in [4.78, 5) is 11.6. The minimum Gasteiger partial charge on any atom is -0.366 e. The van der Waals surface area contributed by atoms with Crippen LogP contribution in [0.2, 0.25) is 0 Å². The zero-order valence-electron chi connectivity index (χ0n) is 8.77. The number of benzene rings is 1. The number of amides is 1. The van der Waals surface area contributed by atoms with E-state index in [4.69, 9.17) is 4.74 Å². The van der Waals surface area contributed by atoms with Gasteiger partial charge < -0.3 is 10.1 Å². The summed E-state index contributed by atoms with van der Waals surface area (Å²) in [5.41, 5.74) is 1.13. The molecule has 0 aromatic heterocycles. The first-order valence-electron chi connectivity index (χ1n) is 5.21. The summed E-state index contributed by atoms with van der Waals surface area (Å²) in [6, 6.07) is 10.1. The zero-order chi connectivity index (χ0) is 10.7. The van der Waals surface area contributed by atoms with Crippen LogP contribution in [-0.4, -0.2) is 24.7 Å². The van der Waals surface area contributed by atoms with Crippen molar-refractivity contribution in [3.63, 3.8) is 0 Å². The van der Waals surface area contributed by atoms with Crippen LogP contribution in [0.4, 0.5) is 0 Å². The molecule has 1 N–H and O–H groups in total. The molecule has 1 amide bonds. The Morgan fingerprint density at radius 3 is 2.80 bits per heavy atom. The van der Waals surface area contributed by atoms with Crippen molar-refractivity contribution >= 4 is 5.91 Å². The van der Waals surface area contributed by atoms with Gasteiger partial charge in [-0.25, -0.2) is 0 Å². The van der Waals surface area contributed by atoms with Gasteiger partial charge in [-0.2, -0.15) is 0 Å². The Kier molecular flexibility index (Phi) is 3.02. The van der Waals surface area contributed by atoms with E-state index in [9.17, 15) is 4.79 Å². The largest absolute Gasteiger partial charge is 0.366 e. The van der Waals surface area contributed by atoms with Crippen molar-refractivity contribution in [1.29, 1.82) is 0 Å². The van der Waals surface area contributed by atoms with E-state index in [1.54, 1.807) is 0 Å². The van der Waals surface area contributed by atoms with Crippen LogP contribution in [-0.2, 0) is 16.0 Å². The van der Waals surface area contributed by atoms with Crippen molar-refractivity contribution in [3.8, 4) is 0 Å². The molecule has 0 saturated carbocycles. The number of hydrogen-bond donors (Lipinski definition) is 1. The molecule has 2 rings (SSSR count). The molecule has 3 heteroatoms. The number of morpholine rings is 1. The van der Waals surface area contributed by atoms with Gasteiger partial charge in [0.1, 0.15) is 6.10 Å². The van der Waals surface area contributed by atoms with Gasteiger partial charge in [-0.15, -0.1) is 0 Å². The Morgan fingerprint density at radius 1 is 1.40 bits per heavy atom. The predicted octanol–water partition coefficient (Wildman–Crippen LogP) is 1.13.